The molecule has 1 aliphatic rings. The topological polar surface area (TPSA) is 58.6 Å². The summed E-state index contributed by atoms with van der Waals surface area (Å²) < 4.78 is 5.30. The van der Waals surface area contributed by atoms with Gasteiger partial charge in [-0.1, -0.05) is 41.4 Å². The molecule has 5 nitrogen and oxygen atoms in total. The maximum absolute atomic E-state index is 12.5. The molecule has 0 spiro atoms. The fraction of sp³-hybridized carbons (Fsp3) is 0.222. The van der Waals surface area contributed by atoms with E-state index in [1.165, 1.54) is 0 Å². The normalized spacial score (nSPS) is 16.8. The van der Waals surface area contributed by atoms with Gasteiger partial charge in [0, 0.05) is 13.0 Å². The number of nitrogens with one attached hydrogen (secondary N) is 1. The predicted molar refractivity (Wildman–Crippen MR) is 98.5 cm³/mol. The third-order valence-corrected chi connectivity index (χ3v) is 4.90. The van der Waals surface area contributed by atoms with Crippen molar-refractivity contribution in [2.24, 2.45) is 5.92 Å². The van der Waals surface area contributed by atoms with E-state index in [2.05, 4.69) is 5.32 Å². The molecule has 1 heterocycles. The third-order valence-electron chi connectivity index (χ3n) is 4.08. The molecule has 2 aromatic rings. The first-order valence-electron chi connectivity index (χ1n) is 7.69. The highest BCUT2D eigenvalue weighted by molar-refractivity contribution is 6.44. The number of methoxy groups -OCH3 is 1. The van der Waals surface area contributed by atoms with Gasteiger partial charge in [-0.25, -0.2) is 0 Å². The zero-order valence-electron chi connectivity index (χ0n) is 13.5. The molecule has 0 aliphatic carbocycles. The SMILES string of the molecule is COc1ccccc1N1C[C@H](C(=O)Nc2cccc(Cl)c2Cl)CC1=O. The molecular formula is C18H16Cl2N2O3. The molecule has 1 aliphatic heterocycles. The summed E-state index contributed by atoms with van der Waals surface area (Å²) in [6.07, 6.45) is 0.127. The molecule has 3 rings (SSSR count). The number of para-hydroxylation sites is 2. The van der Waals surface area contributed by atoms with E-state index in [0.717, 1.165) is 0 Å². The largest absolute Gasteiger partial charge is 0.495 e. The first-order chi connectivity index (χ1) is 12.0. The van der Waals surface area contributed by atoms with Gasteiger partial charge in [-0.3, -0.25) is 9.59 Å². The van der Waals surface area contributed by atoms with Crippen molar-refractivity contribution in [3.05, 3.63) is 52.5 Å². The van der Waals surface area contributed by atoms with Crippen LogP contribution in [0.1, 0.15) is 6.42 Å². The number of benzene rings is 2. The summed E-state index contributed by atoms with van der Waals surface area (Å²) in [5.41, 5.74) is 1.09. The summed E-state index contributed by atoms with van der Waals surface area (Å²) in [5, 5.41) is 3.39. The van der Waals surface area contributed by atoms with Crippen LogP contribution in [0, 0.1) is 5.92 Å². The lowest BCUT2D eigenvalue weighted by Crippen LogP contribution is -2.28. The van der Waals surface area contributed by atoms with Crippen molar-refractivity contribution in [2.75, 3.05) is 23.9 Å². The van der Waals surface area contributed by atoms with Gasteiger partial charge in [-0.15, -0.1) is 0 Å². The number of anilines is 2. The maximum Gasteiger partial charge on any atom is 0.229 e. The van der Waals surface area contributed by atoms with Crippen molar-refractivity contribution in [2.45, 2.75) is 6.42 Å². The molecule has 1 fully saturated rings. The van der Waals surface area contributed by atoms with Gasteiger partial charge in [0.05, 0.1) is 34.4 Å². The lowest BCUT2D eigenvalue weighted by atomic mass is 10.1. The minimum absolute atomic E-state index is 0.123. The Bertz CT molecular complexity index is 826. The Morgan fingerprint density at radius 2 is 1.96 bits per heavy atom. The van der Waals surface area contributed by atoms with Crippen LogP contribution in [0.15, 0.2) is 42.5 Å². The molecular weight excluding hydrogens is 363 g/mol. The van der Waals surface area contributed by atoms with E-state index in [1.807, 2.05) is 12.1 Å². The van der Waals surface area contributed by atoms with Crippen LogP contribution in [0.5, 0.6) is 5.75 Å². The highest BCUT2D eigenvalue weighted by atomic mass is 35.5. The number of hydrogen-bond donors (Lipinski definition) is 1. The fourth-order valence-electron chi connectivity index (χ4n) is 2.80. The highest BCUT2D eigenvalue weighted by Crippen LogP contribution is 2.34. The van der Waals surface area contributed by atoms with Crippen LogP contribution in [0.25, 0.3) is 0 Å². The van der Waals surface area contributed by atoms with Gasteiger partial charge in [0.1, 0.15) is 5.75 Å². The van der Waals surface area contributed by atoms with E-state index in [1.54, 1.807) is 42.3 Å². The number of carbonyl (C=O) groups is 2. The van der Waals surface area contributed by atoms with Crippen molar-refractivity contribution in [3.8, 4) is 5.75 Å². The van der Waals surface area contributed by atoms with Crippen molar-refractivity contribution < 1.29 is 14.3 Å². The Morgan fingerprint density at radius 1 is 1.20 bits per heavy atom. The molecule has 0 aromatic heterocycles. The first-order valence-corrected chi connectivity index (χ1v) is 8.45. The molecule has 0 bridgehead atoms. The lowest BCUT2D eigenvalue weighted by molar-refractivity contribution is -0.122. The molecule has 0 saturated carbocycles. The zero-order valence-corrected chi connectivity index (χ0v) is 15.0. The smallest absolute Gasteiger partial charge is 0.229 e. The minimum Gasteiger partial charge on any atom is -0.495 e. The fourth-order valence-corrected chi connectivity index (χ4v) is 3.15. The quantitative estimate of drug-likeness (QED) is 0.874. The van der Waals surface area contributed by atoms with E-state index in [9.17, 15) is 9.59 Å². The second-order valence-corrected chi connectivity index (χ2v) is 6.45. The molecule has 130 valence electrons. The first kappa shape index (κ1) is 17.6. The van der Waals surface area contributed by atoms with E-state index in [4.69, 9.17) is 27.9 Å². The number of carbonyl (C=O) groups excluding carboxylic acids is 2. The van der Waals surface area contributed by atoms with Crippen LogP contribution < -0.4 is 15.0 Å². The second-order valence-electron chi connectivity index (χ2n) is 5.67. The molecule has 2 amide bonds. The third kappa shape index (κ3) is 3.57. The Morgan fingerprint density at radius 3 is 2.72 bits per heavy atom. The average Bonchev–Trinajstić information content (AvgIpc) is 3.00. The molecule has 0 radical (unpaired) electrons. The van der Waals surface area contributed by atoms with Crippen LogP contribution in [-0.2, 0) is 9.59 Å². The number of amides is 2. The summed E-state index contributed by atoms with van der Waals surface area (Å²) in [6.45, 7) is 0.281. The number of ether oxygens (including phenoxy) is 1. The molecule has 1 saturated heterocycles. The Labute approximate surface area is 155 Å². The van der Waals surface area contributed by atoms with Crippen molar-refractivity contribution >= 4 is 46.4 Å². The van der Waals surface area contributed by atoms with Crippen LogP contribution in [0.3, 0.4) is 0 Å². The Hall–Kier alpha value is -2.24. The summed E-state index contributed by atoms with van der Waals surface area (Å²) in [5.74, 6) is -0.279. The monoisotopic (exact) mass is 378 g/mol. The summed E-state index contributed by atoms with van der Waals surface area (Å²) in [7, 11) is 1.55. The Kier molecular flexibility index (Phi) is 5.16. The summed E-state index contributed by atoms with van der Waals surface area (Å²) in [6, 6.07) is 12.2. The van der Waals surface area contributed by atoms with Crippen molar-refractivity contribution in [1.29, 1.82) is 0 Å². The van der Waals surface area contributed by atoms with Gasteiger partial charge in [0.25, 0.3) is 0 Å². The molecule has 2 aromatic carbocycles. The standard InChI is InChI=1S/C18H16Cl2N2O3/c1-25-15-8-3-2-7-14(15)22-10-11(9-16(22)23)18(24)21-13-6-4-5-12(19)17(13)20/h2-8,11H,9-10H2,1H3,(H,21,24)/t11-/m1/s1. The van der Waals surface area contributed by atoms with Gasteiger partial charge in [0.2, 0.25) is 11.8 Å². The highest BCUT2D eigenvalue weighted by Gasteiger charge is 2.36. The van der Waals surface area contributed by atoms with Gasteiger partial charge in [0.15, 0.2) is 0 Å². The summed E-state index contributed by atoms with van der Waals surface area (Å²) in [4.78, 5) is 26.5. The van der Waals surface area contributed by atoms with Gasteiger partial charge < -0.3 is 15.0 Å². The minimum atomic E-state index is -0.479. The number of halogens is 2. The van der Waals surface area contributed by atoms with E-state index < -0.39 is 5.92 Å². The van der Waals surface area contributed by atoms with E-state index in [0.29, 0.717) is 22.1 Å². The van der Waals surface area contributed by atoms with Crippen LogP contribution in [-0.4, -0.2) is 25.5 Å². The number of hydrogen-bond acceptors (Lipinski definition) is 3. The van der Waals surface area contributed by atoms with Crippen LogP contribution >= 0.6 is 23.2 Å². The Balaban J connectivity index is 1.76. The molecule has 7 heteroatoms. The number of rotatable bonds is 4. The van der Waals surface area contributed by atoms with Gasteiger partial charge >= 0.3 is 0 Å². The van der Waals surface area contributed by atoms with Crippen molar-refractivity contribution in [3.63, 3.8) is 0 Å². The second kappa shape index (κ2) is 7.33. The maximum atomic E-state index is 12.5. The van der Waals surface area contributed by atoms with E-state index >= 15 is 0 Å². The zero-order chi connectivity index (χ0) is 18.0. The average molecular weight is 379 g/mol. The number of nitrogens with zero attached hydrogens (tertiary/aromatic N) is 1. The molecule has 1 atom stereocenters. The molecule has 1 N–H and O–H groups in total. The van der Waals surface area contributed by atoms with Crippen LogP contribution in [0.2, 0.25) is 10.0 Å². The van der Waals surface area contributed by atoms with Crippen LogP contribution in [0.4, 0.5) is 11.4 Å². The predicted octanol–water partition coefficient (Wildman–Crippen LogP) is 3.99. The van der Waals surface area contributed by atoms with E-state index in [-0.39, 0.29) is 29.8 Å². The summed E-state index contributed by atoms with van der Waals surface area (Å²) >= 11 is 12.1. The van der Waals surface area contributed by atoms with Gasteiger partial charge in [-0.2, -0.15) is 0 Å². The molecule has 25 heavy (non-hydrogen) atoms. The van der Waals surface area contributed by atoms with Crippen molar-refractivity contribution in [1.82, 2.24) is 0 Å². The van der Waals surface area contributed by atoms with Gasteiger partial charge in [-0.05, 0) is 24.3 Å². The molecule has 0 unspecified atom stereocenters. The lowest BCUT2D eigenvalue weighted by Gasteiger charge is -2.19.